The summed E-state index contributed by atoms with van der Waals surface area (Å²) in [6.45, 7) is 1.49. The maximum atomic E-state index is 12.6. The molecule has 0 fully saturated rings. The predicted octanol–water partition coefficient (Wildman–Crippen LogP) is 3.56. The molecule has 0 saturated carbocycles. The maximum absolute atomic E-state index is 12.6. The summed E-state index contributed by atoms with van der Waals surface area (Å²) in [5.41, 5.74) is 0. The lowest BCUT2D eigenvalue weighted by Crippen LogP contribution is -2.41. The van der Waals surface area contributed by atoms with Crippen LogP contribution in [0.2, 0.25) is 5.02 Å². The number of nitrogens with zero attached hydrogens (tertiary/aromatic N) is 1. The van der Waals surface area contributed by atoms with Crippen LogP contribution < -0.4 is 4.74 Å². The molecule has 0 radical (unpaired) electrons. The van der Waals surface area contributed by atoms with Gasteiger partial charge in [-0.15, -0.1) is 0 Å². The number of rotatable bonds is 6. The van der Waals surface area contributed by atoms with Crippen molar-refractivity contribution in [2.75, 3.05) is 20.2 Å². The van der Waals surface area contributed by atoms with Crippen LogP contribution in [0.25, 0.3) is 0 Å². The van der Waals surface area contributed by atoms with E-state index in [9.17, 15) is 21.6 Å². The highest BCUT2D eigenvalue weighted by Crippen LogP contribution is 2.30. The van der Waals surface area contributed by atoms with Gasteiger partial charge < -0.3 is 4.74 Å². The number of ether oxygens (including phenoxy) is 1. The number of hydrogen-bond acceptors (Lipinski definition) is 3. The highest BCUT2D eigenvalue weighted by atomic mass is 35.5. The summed E-state index contributed by atoms with van der Waals surface area (Å²) in [5, 5.41) is 0.0140. The number of halogens is 4. The fraction of sp³-hybridized carbons (Fsp3) is 0.538. The van der Waals surface area contributed by atoms with Gasteiger partial charge >= 0.3 is 6.18 Å². The van der Waals surface area contributed by atoms with Crippen LogP contribution in [0.15, 0.2) is 23.1 Å². The molecule has 0 aliphatic carbocycles. The summed E-state index contributed by atoms with van der Waals surface area (Å²) in [6, 6.07) is 3.56. The SMILES string of the molecule is COc1ccc(S(=O)(=O)N(CC(C)C)CC(F)(F)F)cc1Cl. The Bertz CT molecular complexity index is 617. The molecule has 1 rings (SSSR count). The molecule has 0 spiro atoms. The van der Waals surface area contributed by atoms with Gasteiger partial charge in [0.2, 0.25) is 10.0 Å². The summed E-state index contributed by atoms with van der Waals surface area (Å²) < 4.78 is 68.1. The van der Waals surface area contributed by atoms with Crippen molar-refractivity contribution < 1.29 is 26.3 Å². The van der Waals surface area contributed by atoms with Crippen LogP contribution in [0.1, 0.15) is 13.8 Å². The highest BCUT2D eigenvalue weighted by Gasteiger charge is 2.37. The summed E-state index contributed by atoms with van der Waals surface area (Å²) in [6.07, 6.45) is -4.63. The van der Waals surface area contributed by atoms with Crippen LogP contribution in [0, 0.1) is 5.92 Å². The van der Waals surface area contributed by atoms with E-state index in [1.807, 2.05) is 0 Å². The van der Waals surface area contributed by atoms with Gasteiger partial charge in [0.25, 0.3) is 0 Å². The van der Waals surface area contributed by atoms with E-state index in [1.54, 1.807) is 13.8 Å². The van der Waals surface area contributed by atoms with Gasteiger partial charge in [-0.1, -0.05) is 25.4 Å². The van der Waals surface area contributed by atoms with Gasteiger partial charge in [0.05, 0.1) is 17.0 Å². The van der Waals surface area contributed by atoms with Gasteiger partial charge in [-0.2, -0.15) is 17.5 Å². The number of benzene rings is 1. The summed E-state index contributed by atoms with van der Waals surface area (Å²) in [5.74, 6) is -0.0160. The van der Waals surface area contributed by atoms with Crippen molar-refractivity contribution in [3.8, 4) is 5.75 Å². The minimum Gasteiger partial charge on any atom is -0.495 e. The summed E-state index contributed by atoms with van der Waals surface area (Å²) in [4.78, 5) is -0.303. The van der Waals surface area contributed by atoms with Gasteiger partial charge in [-0.25, -0.2) is 8.42 Å². The first-order chi connectivity index (χ1) is 9.97. The average molecular weight is 360 g/mol. The van der Waals surface area contributed by atoms with Crippen molar-refractivity contribution in [3.63, 3.8) is 0 Å². The Morgan fingerprint density at radius 3 is 2.32 bits per heavy atom. The third-order valence-electron chi connectivity index (χ3n) is 2.69. The Kier molecular flexibility index (Phi) is 6.11. The Hall–Kier alpha value is -0.990. The Morgan fingerprint density at radius 2 is 1.91 bits per heavy atom. The van der Waals surface area contributed by atoms with Crippen molar-refractivity contribution in [1.82, 2.24) is 4.31 Å². The normalized spacial score (nSPS) is 13.0. The first-order valence-corrected chi connectivity index (χ1v) is 8.19. The topological polar surface area (TPSA) is 46.6 Å². The smallest absolute Gasteiger partial charge is 0.402 e. The Morgan fingerprint density at radius 1 is 1.32 bits per heavy atom. The largest absolute Gasteiger partial charge is 0.495 e. The standard InChI is InChI=1S/C13H17ClF3NO3S/c1-9(2)7-18(8-13(15,16)17)22(19,20)10-4-5-12(21-3)11(14)6-10/h4-6,9H,7-8H2,1-3H3. The van der Waals surface area contributed by atoms with Crippen molar-refractivity contribution in [2.45, 2.75) is 24.9 Å². The molecule has 0 atom stereocenters. The molecule has 0 aromatic heterocycles. The van der Waals surface area contributed by atoms with Crippen LogP contribution in [0.5, 0.6) is 5.75 Å². The fourth-order valence-corrected chi connectivity index (χ4v) is 3.75. The van der Waals surface area contributed by atoms with Crippen molar-refractivity contribution in [2.24, 2.45) is 5.92 Å². The van der Waals surface area contributed by atoms with Crippen LogP contribution in [-0.4, -0.2) is 39.1 Å². The molecule has 0 unspecified atom stereocenters. The lowest BCUT2D eigenvalue weighted by Gasteiger charge is -2.25. The minimum absolute atomic E-state index is 0.0140. The van der Waals surface area contributed by atoms with E-state index in [-0.39, 0.29) is 28.1 Å². The number of hydrogen-bond donors (Lipinski definition) is 0. The second kappa shape index (κ2) is 7.06. The molecule has 0 saturated heterocycles. The molecule has 0 aliphatic heterocycles. The molecule has 22 heavy (non-hydrogen) atoms. The predicted molar refractivity (Wildman–Crippen MR) is 77.7 cm³/mol. The second-order valence-electron chi connectivity index (χ2n) is 5.10. The van der Waals surface area contributed by atoms with Crippen LogP contribution >= 0.6 is 11.6 Å². The molecule has 4 nitrogen and oxygen atoms in total. The van der Waals surface area contributed by atoms with E-state index in [0.717, 1.165) is 6.07 Å². The third-order valence-corrected chi connectivity index (χ3v) is 4.79. The summed E-state index contributed by atoms with van der Waals surface area (Å²) >= 11 is 5.85. The van der Waals surface area contributed by atoms with Crippen molar-refractivity contribution in [1.29, 1.82) is 0 Å². The average Bonchev–Trinajstić information content (AvgIpc) is 2.35. The van der Waals surface area contributed by atoms with Crippen LogP contribution in [-0.2, 0) is 10.0 Å². The molecule has 126 valence electrons. The molecular formula is C13H17ClF3NO3S. The molecule has 9 heteroatoms. The first-order valence-electron chi connectivity index (χ1n) is 6.38. The zero-order valence-electron chi connectivity index (χ0n) is 12.3. The number of sulfonamides is 1. The highest BCUT2D eigenvalue weighted by molar-refractivity contribution is 7.89. The molecule has 0 amide bonds. The fourth-order valence-electron chi connectivity index (χ4n) is 1.81. The Labute approximate surface area is 132 Å². The quantitative estimate of drug-likeness (QED) is 0.780. The van der Waals surface area contributed by atoms with Crippen LogP contribution in [0.4, 0.5) is 13.2 Å². The van der Waals surface area contributed by atoms with Gasteiger partial charge in [0.1, 0.15) is 12.3 Å². The molecule has 0 N–H and O–H groups in total. The van der Waals surface area contributed by atoms with E-state index in [2.05, 4.69) is 0 Å². The first kappa shape index (κ1) is 19.1. The molecule has 0 heterocycles. The third kappa shape index (κ3) is 5.03. The minimum atomic E-state index is -4.63. The van der Waals surface area contributed by atoms with E-state index in [1.165, 1.54) is 19.2 Å². The van der Waals surface area contributed by atoms with Crippen molar-refractivity contribution >= 4 is 21.6 Å². The second-order valence-corrected chi connectivity index (χ2v) is 7.45. The lowest BCUT2D eigenvalue weighted by atomic mass is 10.2. The number of alkyl halides is 3. The van der Waals surface area contributed by atoms with E-state index >= 15 is 0 Å². The maximum Gasteiger partial charge on any atom is 0.402 e. The lowest BCUT2D eigenvalue weighted by molar-refractivity contribution is -0.136. The zero-order valence-corrected chi connectivity index (χ0v) is 13.9. The molecule has 1 aromatic carbocycles. The van der Waals surface area contributed by atoms with E-state index in [0.29, 0.717) is 4.31 Å². The molecule has 0 bridgehead atoms. The Balaban J connectivity index is 3.23. The van der Waals surface area contributed by atoms with Crippen molar-refractivity contribution in [3.05, 3.63) is 23.2 Å². The van der Waals surface area contributed by atoms with Gasteiger partial charge in [0.15, 0.2) is 0 Å². The molecule has 1 aromatic rings. The van der Waals surface area contributed by atoms with Gasteiger partial charge in [-0.05, 0) is 24.1 Å². The van der Waals surface area contributed by atoms with Gasteiger partial charge in [-0.3, -0.25) is 0 Å². The molecular weight excluding hydrogens is 343 g/mol. The van der Waals surface area contributed by atoms with Gasteiger partial charge in [0, 0.05) is 6.54 Å². The zero-order chi connectivity index (χ0) is 17.1. The van der Waals surface area contributed by atoms with E-state index < -0.39 is 22.7 Å². The van der Waals surface area contributed by atoms with Crippen LogP contribution in [0.3, 0.4) is 0 Å². The molecule has 0 aliphatic rings. The monoisotopic (exact) mass is 359 g/mol. The number of methoxy groups -OCH3 is 1. The summed E-state index contributed by atoms with van der Waals surface area (Å²) in [7, 11) is -2.95. The van der Waals surface area contributed by atoms with E-state index in [4.69, 9.17) is 16.3 Å².